The van der Waals surface area contributed by atoms with Gasteiger partial charge in [0.25, 0.3) is 0 Å². The smallest absolute Gasteiger partial charge is 0.412 e. The number of ether oxygens (including phenoxy) is 2. The predicted octanol–water partition coefficient (Wildman–Crippen LogP) is 4.85. The summed E-state index contributed by atoms with van der Waals surface area (Å²) in [5, 5.41) is 0. The molecule has 1 aromatic rings. The standard InChI is InChI=1S/C20H29NO3/c1-19(2,3)24-18(22)21-17(15-23-20(21,4)5)14-10-9-13-16-11-7-6-8-12-16/h6-9,11-13,17H,10,14-15H2,1-5H3/b13-9+/t17-/m0/s1. The van der Waals surface area contributed by atoms with Crippen LogP contribution in [0.15, 0.2) is 36.4 Å². The molecule has 0 radical (unpaired) electrons. The van der Waals surface area contributed by atoms with Gasteiger partial charge in [0.05, 0.1) is 12.6 Å². The van der Waals surface area contributed by atoms with Crippen LogP contribution in [0.2, 0.25) is 0 Å². The van der Waals surface area contributed by atoms with Gasteiger partial charge in [0.1, 0.15) is 11.3 Å². The van der Waals surface area contributed by atoms with Crippen LogP contribution in [0, 0.1) is 0 Å². The van der Waals surface area contributed by atoms with Crippen molar-refractivity contribution < 1.29 is 14.3 Å². The largest absolute Gasteiger partial charge is 0.444 e. The Labute approximate surface area is 145 Å². The van der Waals surface area contributed by atoms with Crippen LogP contribution in [-0.4, -0.2) is 35.0 Å². The number of allylic oxidation sites excluding steroid dienone is 1. The molecule has 1 fully saturated rings. The molecule has 4 heteroatoms. The monoisotopic (exact) mass is 331 g/mol. The number of hydrogen-bond acceptors (Lipinski definition) is 3. The lowest BCUT2D eigenvalue weighted by atomic mass is 10.1. The minimum absolute atomic E-state index is 0.0373. The summed E-state index contributed by atoms with van der Waals surface area (Å²) in [6, 6.07) is 10.2. The second-order valence-corrected chi connectivity index (χ2v) is 7.65. The van der Waals surface area contributed by atoms with Crippen molar-refractivity contribution in [2.24, 2.45) is 0 Å². The average molecular weight is 331 g/mol. The second kappa shape index (κ2) is 7.39. The molecule has 2 rings (SSSR count). The average Bonchev–Trinajstić information content (AvgIpc) is 2.78. The number of benzene rings is 1. The van der Waals surface area contributed by atoms with E-state index in [9.17, 15) is 4.79 Å². The van der Waals surface area contributed by atoms with E-state index in [1.807, 2.05) is 52.8 Å². The Morgan fingerprint density at radius 3 is 2.62 bits per heavy atom. The molecule has 1 aromatic carbocycles. The summed E-state index contributed by atoms with van der Waals surface area (Å²) in [6.07, 6.45) is 5.69. The summed E-state index contributed by atoms with van der Waals surface area (Å²) in [5.74, 6) is 0. The fourth-order valence-corrected chi connectivity index (χ4v) is 2.85. The van der Waals surface area contributed by atoms with Crippen LogP contribution in [0.5, 0.6) is 0 Å². The van der Waals surface area contributed by atoms with Crippen molar-refractivity contribution in [2.75, 3.05) is 6.61 Å². The summed E-state index contributed by atoms with van der Waals surface area (Å²) >= 11 is 0. The molecular formula is C20H29NO3. The fraction of sp³-hybridized carbons (Fsp3) is 0.550. The molecule has 0 spiro atoms. The highest BCUT2D eigenvalue weighted by Crippen LogP contribution is 2.31. The summed E-state index contributed by atoms with van der Waals surface area (Å²) in [5.41, 5.74) is 0.0495. The zero-order chi connectivity index (χ0) is 17.8. The highest BCUT2D eigenvalue weighted by atomic mass is 16.6. The molecule has 1 aliphatic heterocycles. The Kier molecular flexibility index (Phi) is 5.70. The molecule has 1 saturated heterocycles. The molecule has 1 amide bonds. The van der Waals surface area contributed by atoms with Gasteiger partial charge < -0.3 is 9.47 Å². The molecule has 0 bridgehead atoms. The van der Waals surface area contributed by atoms with Gasteiger partial charge in [-0.1, -0.05) is 42.5 Å². The van der Waals surface area contributed by atoms with Gasteiger partial charge in [-0.05, 0) is 53.0 Å². The van der Waals surface area contributed by atoms with E-state index in [1.165, 1.54) is 5.56 Å². The van der Waals surface area contributed by atoms with E-state index >= 15 is 0 Å². The summed E-state index contributed by atoms with van der Waals surface area (Å²) in [6.45, 7) is 10.0. The van der Waals surface area contributed by atoms with Crippen molar-refractivity contribution in [3.05, 3.63) is 42.0 Å². The highest BCUT2D eigenvalue weighted by Gasteiger charge is 2.45. The van der Waals surface area contributed by atoms with Crippen LogP contribution < -0.4 is 0 Å². The van der Waals surface area contributed by atoms with E-state index in [4.69, 9.17) is 9.47 Å². The van der Waals surface area contributed by atoms with Gasteiger partial charge in [0.15, 0.2) is 0 Å². The minimum atomic E-state index is -0.629. The van der Waals surface area contributed by atoms with Crippen LogP contribution in [0.25, 0.3) is 6.08 Å². The SMILES string of the molecule is CC(C)(C)OC(=O)N1[C@@H](CC/C=C/c2ccccc2)COC1(C)C. The van der Waals surface area contributed by atoms with Gasteiger partial charge in [-0.25, -0.2) is 4.79 Å². The lowest BCUT2D eigenvalue weighted by Crippen LogP contribution is -2.49. The quantitative estimate of drug-likeness (QED) is 0.791. The fourth-order valence-electron chi connectivity index (χ4n) is 2.85. The Hall–Kier alpha value is -1.81. The first kappa shape index (κ1) is 18.5. The Balaban J connectivity index is 1.95. The highest BCUT2D eigenvalue weighted by molar-refractivity contribution is 5.69. The molecular weight excluding hydrogens is 302 g/mol. The van der Waals surface area contributed by atoms with Crippen molar-refractivity contribution in [2.45, 2.75) is 64.8 Å². The molecule has 1 aliphatic rings. The second-order valence-electron chi connectivity index (χ2n) is 7.65. The van der Waals surface area contributed by atoms with E-state index in [0.29, 0.717) is 6.61 Å². The van der Waals surface area contributed by atoms with Crippen molar-refractivity contribution in [1.29, 1.82) is 0 Å². The van der Waals surface area contributed by atoms with E-state index in [2.05, 4.69) is 24.3 Å². The van der Waals surface area contributed by atoms with Crippen LogP contribution in [0.3, 0.4) is 0 Å². The van der Waals surface area contributed by atoms with Crippen molar-refractivity contribution in [3.8, 4) is 0 Å². The third-order valence-corrected chi connectivity index (χ3v) is 3.94. The molecule has 0 saturated carbocycles. The maximum atomic E-state index is 12.5. The van der Waals surface area contributed by atoms with Gasteiger partial charge in [-0.2, -0.15) is 0 Å². The van der Waals surface area contributed by atoms with Gasteiger partial charge in [0.2, 0.25) is 0 Å². The van der Waals surface area contributed by atoms with Crippen LogP contribution >= 0.6 is 0 Å². The lowest BCUT2D eigenvalue weighted by molar-refractivity contribution is -0.0626. The summed E-state index contributed by atoms with van der Waals surface area (Å²) < 4.78 is 11.4. The van der Waals surface area contributed by atoms with Gasteiger partial charge in [-0.3, -0.25) is 4.90 Å². The number of rotatable bonds is 4. The Morgan fingerprint density at radius 2 is 2.00 bits per heavy atom. The Bertz CT molecular complexity index is 572. The molecule has 132 valence electrons. The Morgan fingerprint density at radius 1 is 1.33 bits per heavy atom. The molecule has 24 heavy (non-hydrogen) atoms. The zero-order valence-corrected chi connectivity index (χ0v) is 15.4. The first-order valence-corrected chi connectivity index (χ1v) is 8.57. The summed E-state index contributed by atoms with van der Waals surface area (Å²) in [4.78, 5) is 14.3. The number of hydrogen-bond donors (Lipinski definition) is 0. The van der Waals surface area contributed by atoms with Crippen LogP contribution in [0.4, 0.5) is 4.79 Å². The van der Waals surface area contributed by atoms with E-state index in [1.54, 1.807) is 4.90 Å². The molecule has 0 N–H and O–H groups in total. The number of amides is 1. The molecule has 0 unspecified atom stereocenters. The molecule has 1 heterocycles. The van der Waals surface area contributed by atoms with Crippen LogP contribution in [0.1, 0.15) is 53.0 Å². The summed E-state index contributed by atoms with van der Waals surface area (Å²) in [7, 11) is 0. The lowest BCUT2D eigenvalue weighted by Gasteiger charge is -2.35. The number of carbonyl (C=O) groups is 1. The van der Waals surface area contributed by atoms with E-state index < -0.39 is 11.3 Å². The van der Waals surface area contributed by atoms with Crippen LogP contribution in [-0.2, 0) is 9.47 Å². The van der Waals surface area contributed by atoms with E-state index in [-0.39, 0.29) is 12.1 Å². The minimum Gasteiger partial charge on any atom is -0.444 e. The third-order valence-electron chi connectivity index (χ3n) is 3.94. The molecule has 0 aromatic heterocycles. The topological polar surface area (TPSA) is 38.8 Å². The normalized spacial score (nSPS) is 20.5. The number of carbonyl (C=O) groups excluding carboxylic acids is 1. The maximum Gasteiger partial charge on any atom is 0.412 e. The van der Waals surface area contributed by atoms with Crippen molar-refractivity contribution >= 4 is 12.2 Å². The van der Waals surface area contributed by atoms with Gasteiger partial charge in [-0.15, -0.1) is 0 Å². The molecule has 1 atom stereocenters. The molecule has 4 nitrogen and oxygen atoms in total. The maximum absolute atomic E-state index is 12.5. The van der Waals surface area contributed by atoms with Crippen molar-refractivity contribution in [3.63, 3.8) is 0 Å². The van der Waals surface area contributed by atoms with E-state index in [0.717, 1.165) is 12.8 Å². The predicted molar refractivity (Wildman–Crippen MR) is 96.6 cm³/mol. The van der Waals surface area contributed by atoms with Gasteiger partial charge in [0, 0.05) is 0 Å². The number of nitrogens with zero attached hydrogens (tertiary/aromatic N) is 1. The van der Waals surface area contributed by atoms with Crippen molar-refractivity contribution in [1.82, 2.24) is 4.90 Å². The first-order valence-electron chi connectivity index (χ1n) is 8.57. The van der Waals surface area contributed by atoms with Gasteiger partial charge >= 0.3 is 6.09 Å². The zero-order valence-electron chi connectivity index (χ0n) is 15.4. The molecule has 0 aliphatic carbocycles. The first-order chi connectivity index (χ1) is 11.2. The third kappa shape index (κ3) is 5.10.